The molecule has 6 nitrogen and oxygen atoms in total. The lowest BCUT2D eigenvalue weighted by Gasteiger charge is -2.27. The van der Waals surface area contributed by atoms with Crippen molar-refractivity contribution in [3.8, 4) is 22.8 Å². The molecule has 4 aromatic rings. The molecule has 0 unspecified atom stereocenters. The third-order valence-electron chi connectivity index (χ3n) is 5.72. The summed E-state index contributed by atoms with van der Waals surface area (Å²) < 4.78 is 17.6. The molecule has 5 rings (SSSR count). The Morgan fingerprint density at radius 2 is 1.76 bits per heavy atom. The smallest absolute Gasteiger partial charge is 0.174 e. The van der Waals surface area contributed by atoms with Gasteiger partial charge in [-0.25, -0.2) is 0 Å². The van der Waals surface area contributed by atoms with Crippen LogP contribution in [0.25, 0.3) is 11.3 Å². The number of nitrogens with zero attached hydrogens (tertiary/aromatic N) is 2. The topological polar surface area (TPSA) is 59.8 Å². The first-order chi connectivity index (χ1) is 16.2. The highest BCUT2D eigenvalue weighted by atomic mass is 32.1. The zero-order chi connectivity index (χ0) is 22.8. The number of hydrogen-bond acceptors (Lipinski definition) is 5. The highest BCUT2D eigenvalue weighted by Crippen LogP contribution is 2.46. The largest absolute Gasteiger partial charge is 0.497 e. The van der Waals surface area contributed by atoms with Gasteiger partial charge in [0.2, 0.25) is 0 Å². The van der Waals surface area contributed by atoms with Crippen molar-refractivity contribution in [1.82, 2.24) is 10.3 Å². The molecule has 0 aliphatic carbocycles. The Morgan fingerprint density at radius 3 is 2.48 bits per heavy atom. The summed E-state index contributed by atoms with van der Waals surface area (Å²) in [6.07, 6.45) is 1.78. The van der Waals surface area contributed by atoms with Gasteiger partial charge in [-0.15, -0.1) is 0 Å². The zero-order valence-corrected chi connectivity index (χ0v) is 19.1. The van der Waals surface area contributed by atoms with Gasteiger partial charge in [-0.05, 0) is 48.6 Å². The van der Waals surface area contributed by atoms with Crippen LogP contribution in [0.5, 0.6) is 11.5 Å². The molecule has 166 valence electrons. The van der Waals surface area contributed by atoms with Crippen molar-refractivity contribution >= 4 is 23.0 Å². The molecule has 0 spiro atoms. The van der Waals surface area contributed by atoms with Crippen LogP contribution in [0.15, 0.2) is 89.5 Å². The second-order valence-corrected chi connectivity index (χ2v) is 7.99. The van der Waals surface area contributed by atoms with E-state index in [1.807, 2.05) is 83.8 Å². The second kappa shape index (κ2) is 8.96. The Kier molecular flexibility index (Phi) is 5.71. The summed E-state index contributed by atoms with van der Waals surface area (Å²) in [5.74, 6) is 2.95. The average molecular weight is 458 g/mol. The van der Waals surface area contributed by atoms with E-state index in [9.17, 15) is 0 Å². The number of ether oxygens (including phenoxy) is 2. The van der Waals surface area contributed by atoms with E-state index in [4.69, 9.17) is 26.1 Å². The molecule has 1 aliphatic heterocycles. The molecular weight excluding hydrogens is 434 g/mol. The summed E-state index contributed by atoms with van der Waals surface area (Å²) >= 11 is 5.81. The summed E-state index contributed by atoms with van der Waals surface area (Å²) in [7, 11) is 3.28. The fourth-order valence-corrected chi connectivity index (χ4v) is 4.50. The number of anilines is 1. The first-order valence-electron chi connectivity index (χ1n) is 10.6. The fourth-order valence-electron chi connectivity index (χ4n) is 4.16. The van der Waals surface area contributed by atoms with Gasteiger partial charge in [0.05, 0.1) is 31.6 Å². The molecule has 7 heteroatoms. The van der Waals surface area contributed by atoms with Crippen molar-refractivity contribution in [1.29, 1.82) is 0 Å². The Balaban J connectivity index is 1.64. The average Bonchev–Trinajstić information content (AvgIpc) is 3.49. The van der Waals surface area contributed by atoms with Crippen LogP contribution in [-0.2, 0) is 0 Å². The maximum Gasteiger partial charge on any atom is 0.174 e. The quantitative estimate of drug-likeness (QED) is 0.382. The van der Waals surface area contributed by atoms with Crippen molar-refractivity contribution < 1.29 is 13.9 Å². The fraction of sp³-hybridized carbons (Fsp3) is 0.154. The Bertz CT molecular complexity index is 1260. The first kappa shape index (κ1) is 21.0. The third-order valence-corrected chi connectivity index (χ3v) is 6.03. The van der Waals surface area contributed by atoms with Gasteiger partial charge in [-0.1, -0.05) is 36.4 Å². The van der Waals surface area contributed by atoms with E-state index in [2.05, 4.69) is 10.3 Å². The van der Waals surface area contributed by atoms with Crippen LogP contribution in [-0.4, -0.2) is 24.3 Å². The van der Waals surface area contributed by atoms with Crippen LogP contribution in [0.1, 0.15) is 23.5 Å². The number of furan rings is 1. The van der Waals surface area contributed by atoms with Crippen molar-refractivity contribution in [2.45, 2.75) is 12.1 Å². The van der Waals surface area contributed by atoms with Crippen molar-refractivity contribution in [3.63, 3.8) is 0 Å². The molecule has 0 bridgehead atoms. The molecule has 0 saturated carbocycles. The van der Waals surface area contributed by atoms with Gasteiger partial charge in [0.1, 0.15) is 29.1 Å². The molecule has 0 amide bonds. The zero-order valence-electron chi connectivity index (χ0n) is 18.3. The van der Waals surface area contributed by atoms with E-state index in [1.165, 1.54) is 0 Å². The van der Waals surface area contributed by atoms with Crippen molar-refractivity contribution in [2.24, 2.45) is 0 Å². The Morgan fingerprint density at radius 1 is 0.939 bits per heavy atom. The molecule has 2 atom stereocenters. The monoisotopic (exact) mass is 457 g/mol. The molecule has 33 heavy (non-hydrogen) atoms. The number of thiocarbonyl (C=S) groups is 1. The van der Waals surface area contributed by atoms with Crippen LogP contribution in [0.4, 0.5) is 5.69 Å². The predicted octanol–water partition coefficient (Wildman–Crippen LogP) is 5.54. The molecule has 1 aliphatic rings. The van der Waals surface area contributed by atoms with E-state index in [-0.39, 0.29) is 12.1 Å². The van der Waals surface area contributed by atoms with E-state index in [0.29, 0.717) is 16.6 Å². The Hall–Kier alpha value is -3.84. The minimum absolute atomic E-state index is 0.218. The summed E-state index contributed by atoms with van der Waals surface area (Å²) in [6, 6.07) is 25.0. The summed E-state index contributed by atoms with van der Waals surface area (Å²) in [5.41, 5.74) is 2.67. The predicted molar refractivity (Wildman–Crippen MR) is 132 cm³/mol. The van der Waals surface area contributed by atoms with Gasteiger partial charge in [-0.2, -0.15) is 0 Å². The van der Waals surface area contributed by atoms with Crippen LogP contribution < -0.4 is 19.7 Å². The normalized spacial score (nSPS) is 17.6. The number of hydrogen-bond donors (Lipinski definition) is 1. The third kappa shape index (κ3) is 3.91. The molecule has 0 radical (unpaired) electrons. The van der Waals surface area contributed by atoms with Gasteiger partial charge in [0.25, 0.3) is 0 Å². The molecule has 1 saturated heterocycles. The highest BCUT2D eigenvalue weighted by Gasteiger charge is 2.43. The first-order valence-corrected chi connectivity index (χ1v) is 11.0. The Labute approximate surface area is 197 Å². The SMILES string of the molecule is COc1ccc(OC)c(N2C(=S)N[C@H](c3ccccn3)[C@H]2c2ccc(-c3ccccc3)o2)c1. The maximum atomic E-state index is 6.39. The van der Waals surface area contributed by atoms with E-state index >= 15 is 0 Å². The molecule has 1 N–H and O–H groups in total. The minimum atomic E-state index is -0.286. The van der Waals surface area contributed by atoms with Gasteiger partial charge < -0.3 is 24.1 Å². The lowest BCUT2D eigenvalue weighted by atomic mass is 10.0. The number of pyridine rings is 1. The van der Waals surface area contributed by atoms with E-state index in [1.54, 1.807) is 20.4 Å². The lowest BCUT2D eigenvalue weighted by Crippen LogP contribution is -2.29. The number of aromatic nitrogens is 1. The molecule has 1 fully saturated rings. The highest BCUT2D eigenvalue weighted by molar-refractivity contribution is 7.80. The van der Waals surface area contributed by atoms with Crippen LogP contribution in [0.2, 0.25) is 0 Å². The maximum absolute atomic E-state index is 6.39. The summed E-state index contributed by atoms with van der Waals surface area (Å²) in [6.45, 7) is 0. The summed E-state index contributed by atoms with van der Waals surface area (Å²) in [4.78, 5) is 6.61. The number of methoxy groups -OCH3 is 2. The summed E-state index contributed by atoms with van der Waals surface area (Å²) in [5, 5.41) is 4.00. The van der Waals surface area contributed by atoms with Gasteiger partial charge in [0, 0.05) is 17.8 Å². The van der Waals surface area contributed by atoms with Crippen LogP contribution >= 0.6 is 12.2 Å². The number of nitrogens with one attached hydrogen (secondary N) is 1. The van der Waals surface area contributed by atoms with Crippen molar-refractivity contribution in [2.75, 3.05) is 19.1 Å². The number of benzene rings is 2. The second-order valence-electron chi connectivity index (χ2n) is 7.60. The number of rotatable bonds is 6. The van der Waals surface area contributed by atoms with E-state index < -0.39 is 0 Å². The van der Waals surface area contributed by atoms with E-state index in [0.717, 1.165) is 28.5 Å². The van der Waals surface area contributed by atoms with Crippen LogP contribution in [0, 0.1) is 0 Å². The van der Waals surface area contributed by atoms with Gasteiger partial charge >= 0.3 is 0 Å². The molecule has 3 heterocycles. The minimum Gasteiger partial charge on any atom is -0.497 e. The van der Waals surface area contributed by atoms with Gasteiger partial charge in [-0.3, -0.25) is 4.98 Å². The van der Waals surface area contributed by atoms with Crippen molar-refractivity contribution in [3.05, 3.63) is 96.5 Å². The lowest BCUT2D eigenvalue weighted by molar-refractivity contribution is 0.400. The van der Waals surface area contributed by atoms with Crippen LogP contribution in [0.3, 0.4) is 0 Å². The molecule has 2 aromatic carbocycles. The molecule has 2 aromatic heterocycles. The van der Waals surface area contributed by atoms with Gasteiger partial charge in [0.15, 0.2) is 5.11 Å². The molecular formula is C26H23N3O3S. The standard InChI is InChI=1S/C26H23N3O3S/c1-30-18-11-12-22(31-2)20(16-18)29-25(24(28-26(29)33)19-10-6-7-15-27-19)23-14-13-21(32-23)17-8-4-3-5-9-17/h3-16,24-25H,1-2H3,(H,28,33)/t24-,25-/m1/s1.